The van der Waals surface area contributed by atoms with Gasteiger partial charge in [-0.25, -0.2) is 9.78 Å². The summed E-state index contributed by atoms with van der Waals surface area (Å²) in [6.45, 7) is 6.32. The average Bonchev–Trinajstić information content (AvgIpc) is 3.63. The fraction of sp³-hybridized carbons (Fsp3) is 0.259. The first-order valence-electron chi connectivity index (χ1n) is 11.8. The highest BCUT2D eigenvalue weighted by Gasteiger charge is 2.37. The number of nitrogens with zero attached hydrogens (tertiary/aromatic N) is 2. The van der Waals surface area contributed by atoms with Crippen molar-refractivity contribution in [1.82, 2.24) is 20.5 Å². The minimum absolute atomic E-state index is 0.0209. The van der Waals surface area contributed by atoms with E-state index in [1.165, 1.54) is 34.2 Å². The number of hydrogen-bond acceptors (Lipinski definition) is 7. The summed E-state index contributed by atoms with van der Waals surface area (Å²) in [5.41, 5.74) is 7.76. The van der Waals surface area contributed by atoms with Crippen LogP contribution in [-0.2, 0) is 9.53 Å². The van der Waals surface area contributed by atoms with E-state index in [9.17, 15) is 9.59 Å². The van der Waals surface area contributed by atoms with Crippen LogP contribution in [0.5, 0.6) is 0 Å². The van der Waals surface area contributed by atoms with E-state index in [-0.39, 0.29) is 23.8 Å². The van der Waals surface area contributed by atoms with Crippen LogP contribution in [0.25, 0.3) is 11.1 Å². The molecule has 2 N–H and O–H groups in total. The SMILES string of the molecule is [CH2]CCNC(=O)C1=CSC(c2cscn2)N1C(C)NC(=O)OCC1c2ccccc2-c2ccccc21. The van der Waals surface area contributed by atoms with Crippen molar-refractivity contribution >= 4 is 35.1 Å². The zero-order valence-electron chi connectivity index (χ0n) is 19.8. The summed E-state index contributed by atoms with van der Waals surface area (Å²) in [6.07, 6.45) is -0.440. The molecule has 7 nitrogen and oxygen atoms in total. The maximum absolute atomic E-state index is 12.9. The van der Waals surface area contributed by atoms with Crippen molar-refractivity contribution in [2.24, 2.45) is 0 Å². The zero-order chi connectivity index (χ0) is 25.1. The van der Waals surface area contributed by atoms with Crippen molar-refractivity contribution in [2.45, 2.75) is 30.8 Å². The van der Waals surface area contributed by atoms with Gasteiger partial charge < -0.3 is 20.3 Å². The molecule has 0 fully saturated rings. The summed E-state index contributed by atoms with van der Waals surface area (Å²) in [7, 11) is 0. The molecule has 0 saturated heterocycles. The van der Waals surface area contributed by atoms with Crippen molar-refractivity contribution in [1.29, 1.82) is 0 Å². The molecule has 2 heterocycles. The molecule has 9 heteroatoms. The highest BCUT2D eigenvalue weighted by molar-refractivity contribution is 8.02. The number of aromatic nitrogens is 1. The van der Waals surface area contributed by atoms with E-state index in [4.69, 9.17) is 4.74 Å². The molecule has 2 aromatic carbocycles. The Hall–Kier alpha value is -3.30. The number of thiazole rings is 1. The Labute approximate surface area is 219 Å². The predicted octanol–water partition coefficient (Wildman–Crippen LogP) is 5.26. The van der Waals surface area contributed by atoms with E-state index < -0.39 is 12.3 Å². The first-order chi connectivity index (χ1) is 17.6. The number of alkyl carbamates (subject to hydrolysis) is 1. The average molecular weight is 520 g/mol. The molecule has 0 spiro atoms. The van der Waals surface area contributed by atoms with Crippen LogP contribution in [0, 0.1) is 6.92 Å². The second-order valence-electron chi connectivity index (χ2n) is 8.57. The van der Waals surface area contributed by atoms with Crippen LogP contribution >= 0.6 is 23.1 Å². The summed E-state index contributed by atoms with van der Waals surface area (Å²) in [6, 6.07) is 16.5. The lowest BCUT2D eigenvalue weighted by atomic mass is 9.98. The smallest absolute Gasteiger partial charge is 0.408 e. The molecule has 1 aromatic heterocycles. The molecular formula is C27H27N4O3S2. The number of hydrogen-bond donors (Lipinski definition) is 2. The molecule has 0 saturated carbocycles. The Morgan fingerprint density at radius 1 is 1.14 bits per heavy atom. The molecule has 2 unspecified atom stereocenters. The van der Waals surface area contributed by atoms with Crippen LogP contribution in [-0.4, -0.2) is 41.2 Å². The van der Waals surface area contributed by atoms with Gasteiger partial charge in [-0.2, -0.15) is 0 Å². The Balaban J connectivity index is 1.28. The monoisotopic (exact) mass is 519 g/mol. The quantitative estimate of drug-likeness (QED) is 0.423. The number of thioether (sulfide) groups is 1. The van der Waals surface area contributed by atoms with Crippen LogP contribution in [0.1, 0.15) is 41.5 Å². The van der Waals surface area contributed by atoms with Gasteiger partial charge in [0.15, 0.2) is 0 Å². The van der Waals surface area contributed by atoms with E-state index in [1.54, 1.807) is 5.51 Å². The standard InChI is InChI=1S/C27H27N4O3S2/c1-3-12-28-25(32)24-15-36-26(23-14-35-16-29-23)31(24)17(2)30-27(33)34-13-22-20-10-6-4-8-18(20)19-9-5-7-11-21(19)22/h4-11,14-17,22,26H,1,3,12-13H2,2H3,(H,28,32)(H,30,33). The third kappa shape index (κ3) is 4.73. The van der Waals surface area contributed by atoms with Crippen molar-refractivity contribution in [3.05, 3.63) is 94.3 Å². The summed E-state index contributed by atoms with van der Waals surface area (Å²) in [4.78, 5) is 32.1. The van der Waals surface area contributed by atoms with Crippen molar-refractivity contribution in [2.75, 3.05) is 13.2 Å². The van der Waals surface area contributed by atoms with E-state index in [1.807, 2.05) is 46.9 Å². The van der Waals surface area contributed by atoms with Crippen LogP contribution in [0.4, 0.5) is 4.79 Å². The fourth-order valence-electron chi connectivity index (χ4n) is 4.69. The van der Waals surface area contributed by atoms with Crippen LogP contribution in [0.2, 0.25) is 0 Å². The van der Waals surface area contributed by atoms with Crippen LogP contribution in [0.15, 0.2) is 70.5 Å². The first kappa shape index (κ1) is 24.4. The highest BCUT2D eigenvalue weighted by Crippen LogP contribution is 2.45. The van der Waals surface area contributed by atoms with Gasteiger partial charge in [-0.15, -0.1) is 23.1 Å². The predicted molar refractivity (Wildman–Crippen MR) is 143 cm³/mol. The number of benzene rings is 2. The summed E-state index contributed by atoms with van der Waals surface area (Å²) in [5, 5.41) is 9.34. The maximum Gasteiger partial charge on any atom is 0.408 e. The van der Waals surface area contributed by atoms with Gasteiger partial charge in [-0.1, -0.05) is 55.5 Å². The summed E-state index contributed by atoms with van der Waals surface area (Å²) < 4.78 is 5.73. The van der Waals surface area contributed by atoms with Crippen LogP contribution in [0.3, 0.4) is 0 Å². The molecule has 1 radical (unpaired) electrons. The number of amides is 2. The van der Waals surface area contributed by atoms with Crippen molar-refractivity contribution < 1.29 is 14.3 Å². The van der Waals surface area contributed by atoms with Crippen LogP contribution < -0.4 is 10.6 Å². The van der Waals surface area contributed by atoms with Crippen molar-refractivity contribution in [3.63, 3.8) is 0 Å². The topological polar surface area (TPSA) is 83.6 Å². The summed E-state index contributed by atoms with van der Waals surface area (Å²) in [5.74, 6) is -0.225. The van der Waals surface area contributed by atoms with E-state index in [0.717, 1.165) is 16.8 Å². The molecule has 185 valence electrons. The molecule has 2 amide bonds. The lowest BCUT2D eigenvalue weighted by Crippen LogP contribution is -2.48. The van der Waals surface area contributed by atoms with Gasteiger partial charge in [0.25, 0.3) is 5.91 Å². The first-order valence-corrected chi connectivity index (χ1v) is 13.7. The number of carbonyl (C=O) groups excluding carboxylic acids is 2. The number of ether oxygens (including phenoxy) is 1. The molecule has 3 aromatic rings. The number of rotatable bonds is 8. The molecule has 36 heavy (non-hydrogen) atoms. The van der Waals surface area contributed by atoms with Gasteiger partial charge in [0.2, 0.25) is 0 Å². The maximum atomic E-state index is 12.9. The van der Waals surface area contributed by atoms with Gasteiger partial charge in [-0.05, 0) is 35.6 Å². The Kier molecular flexibility index (Phi) is 7.29. The Morgan fingerprint density at radius 3 is 2.47 bits per heavy atom. The van der Waals surface area contributed by atoms with Gasteiger partial charge in [0, 0.05) is 23.3 Å². The highest BCUT2D eigenvalue weighted by atomic mass is 32.2. The lowest BCUT2D eigenvalue weighted by molar-refractivity contribution is -0.119. The molecule has 1 aliphatic heterocycles. The van der Waals surface area contributed by atoms with Crippen molar-refractivity contribution in [3.8, 4) is 11.1 Å². The lowest BCUT2D eigenvalue weighted by Gasteiger charge is -2.33. The molecule has 1 aliphatic carbocycles. The Morgan fingerprint density at radius 2 is 1.83 bits per heavy atom. The minimum Gasteiger partial charge on any atom is -0.449 e. The van der Waals surface area contributed by atoms with E-state index >= 15 is 0 Å². The number of nitrogens with one attached hydrogen (secondary N) is 2. The number of fused-ring (bicyclic) bond motifs is 3. The van der Waals surface area contributed by atoms with E-state index in [2.05, 4.69) is 46.8 Å². The number of carbonyl (C=O) groups is 2. The molecule has 0 bridgehead atoms. The normalized spacial score (nSPS) is 17.2. The Bertz CT molecular complexity index is 1230. The largest absolute Gasteiger partial charge is 0.449 e. The minimum atomic E-state index is -0.532. The third-order valence-electron chi connectivity index (χ3n) is 6.33. The van der Waals surface area contributed by atoms with E-state index in [0.29, 0.717) is 18.7 Å². The molecular weight excluding hydrogens is 492 g/mol. The second kappa shape index (κ2) is 10.8. The molecule has 5 rings (SSSR count). The fourth-order valence-corrected chi connectivity index (χ4v) is 6.53. The second-order valence-corrected chi connectivity index (χ2v) is 10.2. The van der Waals surface area contributed by atoms with Gasteiger partial charge in [0.1, 0.15) is 23.8 Å². The van der Waals surface area contributed by atoms with Gasteiger partial charge >= 0.3 is 6.09 Å². The van der Waals surface area contributed by atoms with Gasteiger partial charge in [0.05, 0.1) is 11.2 Å². The molecule has 2 atom stereocenters. The molecule has 2 aliphatic rings. The summed E-state index contributed by atoms with van der Waals surface area (Å²) >= 11 is 2.98. The van der Waals surface area contributed by atoms with Gasteiger partial charge in [-0.3, -0.25) is 4.79 Å². The third-order valence-corrected chi connectivity index (χ3v) is 8.02. The zero-order valence-corrected chi connectivity index (χ0v) is 21.5.